The summed E-state index contributed by atoms with van der Waals surface area (Å²) in [5, 5.41) is 8.44. The smallest absolute Gasteiger partial charge is 0.311 e. The van der Waals surface area contributed by atoms with Crippen molar-refractivity contribution in [3.05, 3.63) is 29.8 Å². The Hall–Kier alpha value is -2.04. The van der Waals surface area contributed by atoms with Crippen LogP contribution < -0.4 is 4.74 Å². The van der Waals surface area contributed by atoms with Crippen LogP contribution >= 0.6 is 0 Å². The lowest BCUT2D eigenvalue weighted by atomic mass is 9.62. The lowest BCUT2D eigenvalue weighted by Crippen LogP contribution is -2.41. The second kappa shape index (κ2) is 17.2. The number of rotatable bonds is 8. The lowest BCUT2D eigenvalue weighted by molar-refractivity contribution is -0.165. The van der Waals surface area contributed by atoms with Crippen molar-refractivity contribution in [3.8, 4) is 5.75 Å². The Morgan fingerprint density at radius 2 is 1.16 bits per heavy atom. The molecule has 1 fully saturated rings. The molecule has 1 aliphatic carbocycles. The molecular formula is C40H72O5. The van der Waals surface area contributed by atoms with E-state index in [0.717, 1.165) is 25.0 Å². The van der Waals surface area contributed by atoms with Gasteiger partial charge in [0.1, 0.15) is 17.5 Å². The van der Waals surface area contributed by atoms with Crippen LogP contribution in [0.3, 0.4) is 0 Å². The van der Waals surface area contributed by atoms with Gasteiger partial charge in [-0.25, -0.2) is 0 Å². The number of esters is 1. The second-order valence-electron chi connectivity index (χ2n) is 17.7. The van der Waals surface area contributed by atoms with Crippen LogP contribution in [0.5, 0.6) is 5.75 Å². The van der Waals surface area contributed by atoms with E-state index in [-0.39, 0.29) is 33.9 Å². The number of ether oxygens (including phenoxy) is 2. The van der Waals surface area contributed by atoms with E-state index in [2.05, 4.69) is 107 Å². The number of benzene rings is 1. The summed E-state index contributed by atoms with van der Waals surface area (Å²) in [5.74, 6) is 2.08. The van der Waals surface area contributed by atoms with Crippen LogP contribution in [0.1, 0.15) is 168 Å². The predicted octanol–water partition coefficient (Wildman–Crippen LogP) is 11.7. The van der Waals surface area contributed by atoms with Gasteiger partial charge in [0.25, 0.3) is 0 Å². The highest BCUT2D eigenvalue weighted by molar-refractivity contribution is 5.76. The Morgan fingerprint density at radius 1 is 0.733 bits per heavy atom. The quantitative estimate of drug-likeness (QED) is 0.289. The van der Waals surface area contributed by atoms with Crippen molar-refractivity contribution < 1.29 is 24.2 Å². The first-order valence-corrected chi connectivity index (χ1v) is 17.4. The zero-order chi connectivity index (χ0) is 35.6. The summed E-state index contributed by atoms with van der Waals surface area (Å²) < 4.78 is 11.7. The van der Waals surface area contributed by atoms with Gasteiger partial charge in [-0.05, 0) is 133 Å². The number of aliphatic carboxylic acids is 1. The molecule has 3 unspecified atom stereocenters. The maximum Gasteiger partial charge on any atom is 0.311 e. The van der Waals surface area contributed by atoms with E-state index >= 15 is 0 Å². The summed E-state index contributed by atoms with van der Waals surface area (Å²) in [6, 6.07) is 8.45. The van der Waals surface area contributed by atoms with Gasteiger partial charge < -0.3 is 14.6 Å². The highest BCUT2D eigenvalue weighted by Crippen LogP contribution is 2.47. The van der Waals surface area contributed by atoms with E-state index in [1.54, 1.807) is 13.8 Å². The first-order valence-electron chi connectivity index (χ1n) is 17.4. The molecule has 5 heteroatoms. The van der Waals surface area contributed by atoms with Gasteiger partial charge >= 0.3 is 11.9 Å². The lowest BCUT2D eigenvalue weighted by Gasteiger charge is -2.45. The molecule has 1 aliphatic rings. The number of carbonyl (C=O) groups is 2. The van der Waals surface area contributed by atoms with Crippen LogP contribution in [-0.4, -0.2) is 28.8 Å². The van der Waals surface area contributed by atoms with Gasteiger partial charge in [-0.2, -0.15) is 0 Å². The van der Waals surface area contributed by atoms with Crippen molar-refractivity contribution in [2.75, 3.05) is 0 Å². The summed E-state index contributed by atoms with van der Waals surface area (Å²) >= 11 is 0. The summed E-state index contributed by atoms with van der Waals surface area (Å²) in [7, 11) is 0. The number of carbonyl (C=O) groups excluding carboxylic acids is 1. The summed E-state index contributed by atoms with van der Waals surface area (Å²) in [4.78, 5) is 22.7. The summed E-state index contributed by atoms with van der Waals surface area (Å²) in [6.45, 7) is 35.9. The molecule has 45 heavy (non-hydrogen) atoms. The molecule has 0 amide bonds. The van der Waals surface area contributed by atoms with Gasteiger partial charge in [-0.3, -0.25) is 9.59 Å². The third-order valence-corrected chi connectivity index (χ3v) is 9.77. The molecule has 0 spiro atoms. The number of hydrogen-bond donors (Lipinski definition) is 1. The molecule has 3 atom stereocenters. The van der Waals surface area contributed by atoms with E-state index in [1.165, 1.54) is 18.4 Å². The predicted molar refractivity (Wildman–Crippen MR) is 191 cm³/mol. The van der Waals surface area contributed by atoms with Crippen LogP contribution in [0.15, 0.2) is 24.3 Å². The van der Waals surface area contributed by atoms with Crippen LogP contribution in [0.4, 0.5) is 0 Å². The molecule has 1 aromatic rings. The van der Waals surface area contributed by atoms with Crippen molar-refractivity contribution in [1.29, 1.82) is 0 Å². The Balaban J connectivity index is 0.000000724. The molecule has 0 bridgehead atoms. The van der Waals surface area contributed by atoms with Gasteiger partial charge in [0, 0.05) is 0 Å². The summed E-state index contributed by atoms with van der Waals surface area (Å²) in [5.41, 5.74) is 0.909. The molecule has 5 nitrogen and oxygen atoms in total. The molecule has 0 aliphatic heterocycles. The topological polar surface area (TPSA) is 72.8 Å². The fourth-order valence-electron chi connectivity index (χ4n) is 4.84. The molecule has 2 rings (SSSR count). The van der Waals surface area contributed by atoms with Crippen molar-refractivity contribution >= 4 is 11.9 Å². The zero-order valence-corrected chi connectivity index (χ0v) is 32.4. The first-order chi connectivity index (χ1) is 20.2. The van der Waals surface area contributed by atoms with Gasteiger partial charge in [-0.15, -0.1) is 0 Å². The average molecular weight is 633 g/mol. The minimum absolute atomic E-state index is 0.0257. The van der Waals surface area contributed by atoms with Crippen molar-refractivity contribution in [1.82, 2.24) is 0 Å². The van der Waals surface area contributed by atoms with Gasteiger partial charge in [0.05, 0.1) is 10.8 Å². The largest absolute Gasteiger partial charge is 0.488 e. The standard InChI is InChI=1S/C20H38O2.C14H22O.C6H12O2/c1-10-20(8,9)17(21)22-16-12-14(18(2,3)4)11-15(13-16)19(5,6)7;1-6-11(2)12-7-9-13(10-8-12)15-14(3,4)5;1-4-6(2,3)5(7)8/h14-16H,10-13H2,1-9H3;7-11H,6H2,1-5H3;4H2,1-3H3,(H,7,8). The SMILES string of the molecule is CCC(C)(C)C(=O)O.CCC(C)(C)C(=O)OC1CC(C(C)(C)C)CC(C(C)(C)C)C1.CCC(C)c1ccc(OC(C)(C)C)cc1. The molecule has 0 aromatic heterocycles. The van der Waals surface area contributed by atoms with Crippen molar-refractivity contribution in [3.63, 3.8) is 0 Å². The van der Waals surface area contributed by atoms with E-state index in [9.17, 15) is 9.59 Å². The Kier molecular flexibility index (Phi) is 16.4. The average Bonchev–Trinajstić information content (AvgIpc) is 2.91. The molecule has 0 saturated heterocycles. The third-order valence-electron chi connectivity index (χ3n) is 9.77. The zero-order valence-electron chi connectivity index (χ0n) is 32.4. The maximum absolute atomic E-state index is 12.5. The second-order valence-corrected chi connectivity index (χ2v) is 17.7. The fraction of sp³-hybridized carbons (Fsp3) is 0.800. The number of carboxylic acids is 1. The highest BCUT2D eigenvalue weighted by atomic mass is 16.5. The molecule has 1 N–H and O–H groups in total. The number of carboxylic acid groups (broad SMARTS) is 1. The van der Waals surface area contributed by atoms with E-state index < -0.39 is 11.4 Å². The minimum atomic E-state index is -0.722. The van der Waals surface area contributed by atoms with Crippen LogP contribution in [0.2, 0.25) is 0 Å². The fourth-order valence-corrected chi connectivity index (χ4v) is 4.84. The van der Waals surface area contributed by atoms with Crippen molar-refractivity contribution in [2.45, 2.75) is 174 Å². The molecule has 1 aromatic carbocycles. The molecule has 0 radical (unpaired) electrons. The molecule has 1 saturated carbocycles. The minimum Gasteiger partial charge on any atom is -0.488 e. The molecule has 0 heterocycles. The van der Waals surface area contributed by atoms with Gasteiger partial charge in [-0.1, -0.05) is 81.4 Å². The molecule has 262 valence electrons. The summed E-state index contributed by atoms with van der Waals surface area (Å²) in [6.07, 6.45) is 6.05. The Morgan fingerprint density at radius 3 is 1.44 bits per heavy atom. The monoisotopic (exact) mass is 633 g/mol. The van der Waals surface area contributed by atoms with Crippen LogP contribution in [0, 0.1) is 33.5 Å². The highest BCUT2D eigenvalue weighted by Gasteiger charge is 2.42. The maximum atomic E-state index is 12.5. The van der Waals surface area contributed by atoms with E-state index in [0.29, 0.717) is 24.2 Å². The number of hydrogen-bond acceptors (Lipinski definition) is 4. The normalized spacial score (nSPS) is 20.1. The van der Waals surface area contributed by atoms with E-state index in [1.807, 2.05) is 20.8 Å². The van der Waals surface area contributed by atoms with Crippen LogP contribution in [0.25, 0.3) is 0 Å². The van der Waals surface area contributed by atoms with E-state index in [4.69, 9.17) is 14.6 Å². The first kappa shape index (κ1) is 43.0. The Labute approximate surface area is 278 Å². The van der Waals surface area contributed by atoms with Crippen molar-refractivity contribution in [2.24, 2.45) is 33.5 Å². The van der Waals surface area contributed by atoms with Crippen LogP contribution in [-0.2, 0) is 14.3 Å². The third kappa shape index (κ3) is 15.9. The Bertz CT molecular complexity index is 993. The van der Waals surface area contributed by atoms with Gasteiger partial charge in [0.2, 0.25) is 0 Å². The van der Waals surface area contributed by atoms with Gasteiger partial charge in [0.15, 0.2) is 0 Å². The molecular weight excluding hydrogens is 560 g/mol.